The molecule has 4 heteroatoms. The van der Waals surface area contributed by atoms with Gasteiger partial charge >= 0.3 is 0 Å². The molecule has 0 saturated heterocycles. The second kappa shape index (κ2) is 5.15. The third-order valence-corrected chi connectivity index (χ3v) is 5.13. The molecular weight excluding hydrogens is 266 g/mol. The molecule has 3 rings (SSSR count). The molecule has 0 unspecified atom stereocenters. The molecule has 1 fully saturated rings. The van der Waals surface area contributed by atoms with Crippen LogP contribution in [0.15, 0.2) is 17.8 Å². The fraction of sp³-hybridized carbons (Fsp3) is 0.688. The number of nitrogens with one attached hydrogen (secondary N) is 1. The molecule has 1 aliphatic carbocycles. The van der Waals surface area contributed by atoms with Crippen LogP contribution in [0.2, 0.25) is 0 Å². The van der Waals surface area contributed by atoms with Gasteiger partial charge in [-0.2, -0.15) is 0 Å². The predicted molar refractivity (Wildman–Crippen MR) is 85.4 cm³/mol. The summed E-state index contributed by atoms with van der Waals surface area (Å²) >= 11 is 1.72. The van der Waals surface area contributed by atoms with Crippen molar-refractivity contribution in [3.63, 3.8) is 0 Å². The fourth-order valence-electron chi connectivity index (χ4n) is 3.24. The number of fused-ring (bicyclic) bond motifs is 1. The van der Waals surface area contributed by atoms with Crippen molar-refractivity contribution < 1.29 is 0 Å². The highest BCUT2D eigenvalue weighted by Crippen LogP contribution is 2.40. The standard InChI is InChI=1S/C16H25N3S/c1-15(2,3)17-12-16(6-4-5-7-16)10-13-11-19-8-9-20-14(19)18-13/h8-9,11,17H,4-7,10,12H2,1-3H3. The van der Waals surface area contributed by atoms with Crippen molar-refractivity contribution in [3.05, 3.63) is 23.5 Å². The summed E-state index contributed by atoms with van der Waals surface area (Å²) in [6.07, 6.45) is 10.8. The highest BCUT2D eigenvalue weighted by atomic mass is 32.1. The van der Waals surface area contributed by atoms with Crippen LogP contribution in [-0.2, 0) is 6.42 Å². The number of aromatic nitrogens is 2. The maximum atomic E-state index is 4.78. The largest absolute Gasteiger partial charge is 0.312 e. The van der Waals surface area contributed by atoms with Gasteiger partial charge in [-0.25, -0.2) is 4.98 Å². The Morgan fingerprint density at radius 1 is 1.35 bits per heavy atom. The fourth-order valence-corrected chi connectivity index (χ4v) is 3.96. The average Bonchev–Trinajstić information content (AvgIpc) is 3.02. The maximum absolute atomic E-state index is 4.78. The Morgan fingerprint density at radius 2 is 2.10 bits per heavy atom. The Bertz CT molecular complexity index is 541. The van der Waals surface area contributed by atoms with Gasteiger partial charge in [0.2, 0.25) is 0 Å². The van der Waals surface area contributed by atoms with Crippen molar-refractivity contribution in [1.82, 2.24) is 14.7 Å². The summed E-state index contributed by atoms with van der Waals surface area (Å²) in [5, 5.41) is 5.82. The normalized spacial score (nSPS) is 18.9. The number of rotatable bonds is 4. The molecule has 0 amide bonds. The van der Waals surface area contributed by atoms with Crippen molar-refractivity contribution in [1.29, 1.82) is 0 Å². The van der Waals surface area contributed by atoms with Crippen LogP contribution >= 0.6 is 11.3 Å². The van der Waals surface area contributed by atoms with Crippen molar-refractivity contribution in [2.24, 2.45) is 5.41 Å². The zero-order valence-corrected chi connectivity index (χ0v) is 13.6. The first kappa shape index (κ1) is 14.1. The third kappa shape index (κ3) is 3.07. The molecular formula is C16H25N3S. The smallest absolute Gasteiger partial charge is 0.193 e. The first-order valence-electron chi connectivity index (χ1n) is 7.62. The SMILES string of the molecule is CC(C)(C)NCC1(Cc2cn3ccsc3n2)CCCC1. The van der Waals surface area contributed by atoms with E-state index in [1.54, 1.807) is 11.3 Å². The van der Waals surface area contributed by atoms with Gasteiger partial charge in [0.1, 0.15) is 0 Å². The first-order chi connectivity index (χ1) is 9.46. The second-order valence-corrected chi connectivity index (χ2v) is 8.19. The van der Waals surface area contributed by atoms with Crippen LogP contribution in [0.25, 0.3) is 4.96 Å². The van der Waals surface area contributed by atoms with E-state index >= 15 is 0 Å². The molecule has 0 aliphatic heterocycles. The van der Waals surface area contributed by atoms with E-state index in [4.69, 9.17) is 4.98 Å². The average molecular weight is 291 g/mol. The van der Waals surface area contributed by atoms with Gasteiger partial charge in [0.05, 0.1) is 5.69 Å². The van der Waals surface area contributed by atoms with Gasteiger partial charge in [0.25, 0.3) is 0 Å². The van der Waals surface area contributed by atoms with Crippen molar-refractivity contribution in [2.75, 3.05) is 6.54 Å². The zero-order valence-electron chi connectivity index (χ0n) is 12.8. The Labute approximate surface area is 125 Å². The molecule has 1 saturated carbocycles. The van der Waals surface area contributed by atoms with Gasteiger partial charge < -0.3 is 5.32 Å². The van der Waals surface area contributed by atoms with Gasteiger partial charge in [-0.3, -0.25) is 4.40 Å². The van der Waals surface area contributed by atoms with E-state index < -0.39 is 0 Å². The Balaban J connectivity index is 1.75. The lowest BCUT2D eigenvalue weighted by atomic mass is 9.81. The topological polar surface area (TPSA) is 29.3 Å². The minimum atomic E-state index is 0.199. The lowest BCUT2D eigenvalue weighted by Crippen LogP contribution is -2.44. The Kier molecular flexibility index (Phi) is 3.63. The number of thiazole rings is 1. The monoisotopic (exact) mass is 291 g/mol. The number of hydrogen-bond donors (Lipinski definition) is 1. The van der Waals surface area contributed by atoms with Gasteiger partial charge in [-0.05, 0) is 45.4 Å². The van der Waals surface area contributed by atoms with Crippen molar-refractivity contribution >= 4 is 16.3 Å². The number of hydrogen-bond acceptors (Lipinski definition) is 3. The summed E-state index contributed by atoms with van der Waals surface area (Å²) in [4.78, 5) is 5.90. The van der Waals surface area contributed by atoms with E-state index in [2.05, 4.69) is 48.3 Å². The molecule has 0 aromatic carbocycles. The second-order valence-electron chi connectivity index (χ2n) is 7.31. The molecule has 2 aromatic heterocycles. The van der Waals surface area contributed by atoms with E-state index in [0.29, 0.717) is 5.41 Å². The van der Waals surface area contributed by atoms with E-state index in [9.17, 15) is 0 Å². The van der Waals surface area contributed by atoms with Crippen molar-refractivity contribution in [3.8, 4) is 0 Å². The minimum Gasteiger partial charge on any atom is -0.312 e. The molecule has 1 aliphatic rings. The summed E-state index contributed by atoms with van der Waals surface area (Å²) in [7, 11) is 0. The van der Waals surface area contributed by atoms with Crippen LogP contribution in [0.4, 0.5) is 0 Å². The van der Waals surface area contributed by atoms with Crippen LogP contribution in [-0.4, -0.2) is 21.5 Å². The summed E-state index contributed by atoms with van der Waals surface area (Å²) < 4.78 is 2.15. The molecule has 1 N–H and O–H groups in total. The van der Waals surface area contributed by atoms with Crippen LogP contribution < -0.4 is 5.32 Å². The lowest BCUT2D eigenvalue weighted by Gasteiger charge is -2.33. The number of nitrogens with zero attached hydrogens (tertiary/aromatic N) is 2. The third-order valence-electron chi connectivity index (χ3n) is 4.36. The molecule has 0 spiro atoms. The van der Waals surface area contributed by atoms with Crippen LogP contribution in [0, 0.1) is 5.41 Å². The minimum absolute atomic E-state index is 0.199. The molecule has 20 heavy (non-hydrogen) atoms. The quantitative estimate of drug-likeness (QED) is 0.926. The van der Waals surface area contributed by atoms with E-state index in [1.165, 1.54) is 31.4 Å². The molecule has 2 heterocycles. The highest BCUT2D eigenvalue weighted by molar-refractivity contribution is 7.15. The van der Waals surface area contributed by atoms with Crippen LogP contribution in [0.1, 0.15) is 52.1 Å². The molecule has 2 aromatic rings. The molecule has 0 atom stereocenters. The highest BCUT2D eigenvalue weighted by Gasteiger charge is 2.35. The predicted octanol–water partition coefficient (Wildman–Crippen LogP) is 3.89. The van der Waals surface area contributed by atoms with Gasteiger partial charge in [-0.15, -0.1) is 11.3 Å². The van der Waals surface area contributed by atoms with Gasteiger partial charge in [-0.1, -0.05) is 12.8 Å². The first-order valence-corrected chi connectivity index (χ1v) is 8.50. The molecule has 0 bridgehead atoms. The van der Waals surface area contributed by atoms with E-state index in [0.717, 1.165) is 17.9 Å². The number of imidazole rings is 1. The molecule has 110 valence electrons. The van der Waals surface area contributed by atoms with Crippen molar-refractivity contribution in [2.45, 2.75) is 58.4 Å². The van der Waals surface area contributed by atoms with Crippen LogP contribution in [0.5, 0.6) is 0 Å². The summed E-state index contributed by atoms with van der Waals surface area (Å²) in [6.45, 7) is 7.87. The summed E-state index contributed by atoms with van der Waals surface area (Å²) in [5.74, 6) is 0. The maximum Gasteiger partial charge on any atom is 0.193 e. The molecule has 0 radical (unpaired) electrons. The summed E-state index contributed by atoms with van der Waals surface area (Å²) in [6, 6.07) is 0. The van der Waals surface area contributed by atoms with Gasteiger partial charge in [0.15, 0.2) is 4.96 Å². The zero-order chi connectivity index (χ0) is 14.2. The van der Waals surface area contributed by atoms with E-state index in [-0.39, 0.29) is 5.54 Å². The molecule has 3 nitrogen and oxygen atoms in total. The van der Waals surface area contributed by atoms with Crippen LogP contribution in [0.3, 0.4) is 0 Å². The summed E-state index contributed by atoms with van der Waals surface area (Å²) in [5.41, 5.74) is 1.87. The Morgan fingerprint density at radius 3 is 2.75 bits per heavy atom. The van der Waals surface area contributed by atoms with Gasteiger partial charge in [0, 0.05) is 29.9 Å². The Hall–Kier alpha value is -0.870. The lowest BCUT2D eigenvalue weighted by molar-refractivity contribution is 0.243. The van der Waals surface area contributed by atoms with E-state index in [1.807, 2.05) is 0 Å².